The van der Waals surface area contributed by atoms with Crippen LogP contribution in [0.2, 0.25) is 0 Å². The number of carboxylic acid groups (broad SMARTS) is 1. The van der Waals surface area contributed by atoms with Gasteiger partial charge in [0, 0.05) is 20.0 Å². The number of piperidine rings is 1. The first-order valence-corrected chi connectivity index (χ1v) is 9.24. The zero-order valence-electron chi connectivity index (χ0n) is 15.4. The van der Waals surface area contributed by atoms with Gasteiger partial charge in [-0.05, 0) is 43.4 Å². The molecular weight excluding hydrogens is 290 g/mol. The van der Waals surface area contributed by atoms with Gasteiger partial charge in [0.15, 0.2) is 0 Å². The fourth-order valence-corrected chi connectivity index (χ4v) is 3.91. The SMILES string of the molecule is CC(=O)N1CCC2(CCCCC2)CC1.CC(C)CC(C)C(=O)O. The summed E-state index contributed by atoms with van der Waals surface area (Å²) < 4.78 is 0. The molecular formula is C19H35NO3. The van der Waals surface area contributed by atoms with Crippen molar-refractivity contribution in [1.82, 2.24) is 4.90 Å². The van der Waals surface area contributed by atoms with E-state index in [2.05, 4.69) is 0 Å². The van der Waals surface area contributed by atoms with Crippen LogP contribution in [0.5, 0.6) is 0 Å². The Balaban J connectivity index is 0.000000257. The number of carbonyl (C=O) groups excluding carboxylic acids is 1. The third kappa shape index (κ3) is 6.92. The number of hydrogen-bond donors (Lipinski definition) is 1. The van der Waals surface area contributed by atoms with Crippen LogP contribution in [0.25, 0.3) is 0 Å². The molecule has 1 unspecified atom stereocenters. The maximum Gasteiger partial charge on any atom is 0.306 e. The number of nitrogens with zero attached hydrogens (tertiary/aromatic N) is 1. The molecule has 1 saturated heterocycles. The van der Waals surface area contributed by atoms with Crippen LogP contribution in [0.3, 0.4) is 0 Å². The number of rotatable bonds is 3. The molecule has 1 atom stereocenters. The fourth-order valence-electron chi connectivity index (χ4n) is 3.91. The predicted molar refractivity (Wildman–Crippen MR) is 93.3 cm³/mol. The summed E-state index contributed by atoms with van der Waals surface area (Å²) >= 11 is 0. The number of likely N-dealkylation sites (tertiary alicyclic amines) is 1. The van der Waals surface area contributed by atoms with E-state index in [-0.39, 0.29) is 11.8 Å². The number of aliphatic carboxylic acids is 1. The van der Waals surface area contributed by atoms with Gasteiger partial charge in [-0.25, -0.2) is 0 Å². The van der Waals surface area contributed by atoms with Gasteiger partial charge in [0.05, 0.1) is 5.92 Å². The molecule has 2 aliphatic rings. The summed E-state index contributed by atoms with van der Waals surface area (Å²) in [6.07, 6.45) is 10.4. The molecule has 4 heteroatoms. The molecule has 0 bridgehead atoms. The largest absolute Gasteiger partial charge is 0.481 e. The van der Waals surface area contributed by atoms with E-state index in [9.17, 15) is 9.59 Å². The van der Waals surface area contributed by atoms with Crippen molar-refractivity contribution in [2.75, 3.05) is 13.1 Å². The summed E-state index contributed by atoms with van der Waals surface area (Å²) in [5.41, 5.74) is 0.629. The summed E-state index contributed by atoms with van der Waals surface area (Å²) in [5, 5.41) is 8.43. The molecule has 2 rings (SSSR count). The number of carbonyl (C=O) groups is 2. The highest BCUT2D eigenvalue weighted by Gasteiger charge is 2.35. The van der Waals surface area contributed by atoms with Crippen LogP contribution in [0.1, 0.15) is 79.1 Å². The minimum atomic E-state index is -0.691. The Labute approximate surface area is 141 Å². The van der Waals surface area contributed by atoms with Gasteiger partial charge in [-0.2, -0.15) is 0 Å². The average Bonchev–Trinajstić information content (AvgIpc) is 2.48. The first-order chi connectivity index (χ1) is 10.8. The second-order valence-electron chi connectivity index (χ2n) is 7.94. The smallest absolute Gasteiger partial charge is 0.306 e. The van der Waals surface area contributed by atoms with Crippen LogP contribution in [0.15, 0.2) is 0 Å². The number of amides is 1. The van der Waals surface area contributed by atoms with Gasteiger partial charge in [0.25, 0.3) is 0 Å². The van der Waals surface area contributed by atoms with E-state index in [1.807, 2.05) is 18.7 Å². The van der Waals surface area contributed by atoms with Gasteiger partial charge >= 0.3 is 5.97 Å². The van der Waals surface area contributed by atoms with Crippen LogP contribution in [-0.4, -0.2) is 35.0 Å². The van der Waals surface area contributed by atoms with Gasteiger partial charge in [-0.1, -0.05) is 40.0 Å². The molecule has 0 radical (unpaired) electrons. The van der Waals surface area contributed by atoms with Crippen molar-refractivity contribution in [1.29, 1.82) is 0 Å². The van der Waals surface area contributed by atoms with Crippen molar-refractivity contribution >= 4 is 11.9 Å². The molecule has 1 aliphatic heterocycles. The molecule has 1 saturated carbocycles. The Morgan fingerprint density at radius 2 is 1.52 bits per heavy atom. The minimum absolute atomic E-state index is 0.190. The molecule has 134 valence electrons. The molecule has 2 fully saturated rings. The third-order valence-corrected chi connectivity index (χ3v) is 5.43. The monoisotopic (exact) mass is 325 g/mol. The first-order valence-electron chi connectivity index (χ1n) is 9.24. The Morgan fingerprint density at radius 1 is 1.00 bits per heavy atom. The summed E-state index contributed by atoms with van der Waals surface area (Å²) in [5.74, 6) is -0.138. The molecule has 23 heavy (non-hydrogen) atoms. The lowest BCUT2D eigenvalue weighted by atomic mass is 9.68. The summed E-state index contributed by atoms with van der Waals surface area (Å²) in [7, 11) is 0. The average molecular weight is 325 g/mol. The maximum absolute atomic E-state index is 11.2. The molecule has 4 nitrogen and oxygen atoms in total. The zero-order valence-corrected chi connectivity index (χ0v) is 15.4. The van der Waals surface area contributed by atoms with Gasteiger partial charge in [0.1, 0.15) is 0 Å². The van der Waals surface area contributed by atoms with E-state index >= 15 is 0 Å². The highest BCUT2D eigenvalue weighted by molar-refractivity contribution is 5.73. The molecule has 1 heterocycles. The first kappa shape index (κ1) is 20.0. The molecule has 1 amide bonds. The van der Waals surface area contributed by atoms with Gasteiger partial charge in [0.2, 0.25) is 5.91 Å². The van der Waals surface area contributed by atoms with Crippen LogP contribution < -0.4 is 0 Å². The molecule has 0 aromatic carbocycles. The van der Waals surface area contributed by atoms with Gasteiger partial charge < -0.3 is 10.0 Å². The van der Waals surface area contributed by atoms with Crippen molar-refractivity contribution in [2.24, 2.45) is 17.3 Å². The molecule has 1 aliphatic carbocycles. The molecule has 1 N–H and O–H groups in total. The molecule has 1 spiro atoms. The van der Waals surface area contributed by atoms with Crippen molar-refractivity contribution < 1.29 is 14.7 Å². The van der Waals surface area contributed by atoms with E-state index in [4.69, 9.17) is 5.11 Å². The topological polar surface area (TPSA) is 57.6 Å². The lowest BCUT2D eigenvalue weighted by Gasteiger charge is -2.44. The van der Waals surface area contributed by atoms with Crippen LogP contribution in [-0.2, 0) is 9.59 Å². The Hall–Kier alpha value is -1.06. The van der Waals surface area contributed by atoms with Gasteiger partial charge in [-0.3, -0.25) is 9.59 Å². The Kier molecular flexibility index (Phi) is 8.07. The molecule has 0 aromatic rings. The van der Waals surface area contributed by atoms with E-state index in [0.717, 1.165) is 19.5 Å². The normalized spacial score (nSPS) is 21.5. The summed E-state index contributed by atoms with van der Waals surface area (Å²) in [4.78, 5) is 23.4. The van der Waals surface area contributed by atoms with Gasteiger partial charge in [-0.15, -0.1) is 0 Å². The van der Waals surface area contributed by atoms with Crippen molar-refractivity contribution in [3.63, 3.8) is 0 Å². The standard InChI is InChI=1S/C12H21NO.C7H14O2/c1-11(14)13-9-7-12(8-10-13)5-3-2-4-6-12;1-5(2)4-6(3)7(8)9/h2-10H2,1H3;5-6H,4H2,1-3H3,(H,8,9). The number of carboxylic acids is 1. The van der Waals surface area contributed by atoms with Crippen molar-refractivity contribution in [3.8, 4) is 0 Å². The van der Waals surface area contributed by atoms with Crippen molar-refractivity contribution in [2.45, 2.75) is 79.1 Å². The fraction of sp³-hybridized carbons (Fsp3) is 0.895. The van der Waals surface area contributed by atoms with E-state index in [1.54, 1.807) is 13.8 Å². The lowest BCUT2D eigenvalue weighted by molar-refractivity contribution is -0.141. The van der Waals surface area contributed by atoms with E-state index < -0.39 is 5.97 Å². The van der Waals surface area contributed by atoms with E-state index in [1.165, 1.54) is 44.9 Å². The lowest BCUT2D eigenvalue weighted by Crippen LogP contribution is -2.43. The Bertz CT molecular complexity index is 376. The zero-order chi connectivity index (χ0) is 17.5. The van der Waals surface area contributed by atoms with Crippen LogP contribution in [0.4, 0.5) is 0 Å². The highest BCUT2D eigenvalue weighted by Crippen LogP contribution is 2.44. The Morgan fingerprint density at radius 3 is 1.87 bits per heavy atom. The van der Waals surface area contributed by atoms with Crippen molar-refractivity contribution in [3.05, 3.63) is 0 Å². The summed E-state index contributed by atoms with van der Waals surface area (Å²) in [6.45, 7) is 9.50. The van der Waals surface area contributed by atoms with E-state index in [0.29, 0.717) is 11.3 Å². The van der Waals surface area contributed by atoms with Crippen LogP contribution >= 0.6 is 0 Å². The molecule has 0 aromatic heterocycles. The minimum Gasteiger partial charge on any atom is -0.481 e. The quantitative estimate of drug-likeness (QED) is 0.840. The second kappa shape index (κ2) is 9.29. The predicted octanol–water partition coefficient (Wildman–Crippen LogP) is 4.33. The summed E-state index contributed by atoms with van der Waals surface area (Å²) in [6, 6.07) is 0. The second-order valence-corrected chi connectivity index (χ2v) is 7.94. The highest BCUT2D eigenvalue weighted by atomic mass is 16.4. The maximum atomic E-state index is 11.2. The van der Waals surface area contributed by atoms with Crippen LogP contribution in [0, 0.1) is 17.3 Å². The third-order valence-electron chi connectivity index (χ3n) is 5.43. The number of hydrogen-bond acceptors (Lipinski definition) is 2.